The molecule has 1 aliphatic heterocycles. The van der Waals surface area contributed by atoms with Crippen molar-refractivity contribution in [3.05, 3.63) is 35.5 Å². The van der Waals surface area contributed by atoms with Crippen LogP contribution in [-0.4, -0.2) is 46.7 Å². The van der Waals surface area contributed by atoms with Gasteiger partial charge >= 0.3 is 5.97 Å². The molecule has 6 heteroatoms. The summed E-state index contributed by atoms with van der Waals surface area (Å²) in [6.45, 7) is 11.8. The first kappa shape index (κ1) is 21.9. The molecule has 0 amide bonds. The number of H-pyrrole nitrogens is 1. The Morgan fingerprint density at radius 3 is 2.52 bits per heavy atom. The SMILES string of the molecule is CC1(C)CCC(C)(C)c2cc(-c3cnc(N4CCC(NCCC(=O)O)CC4)[nH]3)ccc21. The minimum atomic E-state index is -0.748. The van der Waals surface area contributed by atoms with Gasteiger partial charge in [-0.3, -0.25) is 4.79 Å². The number of piperidine rings is 1. The minimum Gasteiger partial charge on any atom is -0.481 e. The normalized spacial score (nSPS) is 20.5. The summed E-state index contributed by atoms with van der Waals surface area (Å²) in [6, 6.07) is 7.31. The van der Waals surface area contributed by atoms with Crippen LogP contribution in [0.4, 0.5) is 5.95 Å². The van der Waals surface area contributed by atoms with Crippen LogP contribution in [0.25, 0.3) is 11.3 Å². The summed E-state index contributed by atoms with van der Waals surface area (Å²) in [5, 5.41) is 12.2. The number of carbonyl (C=O) groups is 1. The minimum absolute atomic E-state index is 0.177. The molecule has 1 aromatic heterocycles. The highest BCUT2D eigenvalue weighted by molar-refractivity contribution is 5.67. The van der Waals surface area contributed by atoms with Crippen LogP contribution >= 0.6 is 0 Å². The van der Waals surface area contributed by atoms with Crippen molar-refractivity contribution < 1.29 is 9.90 Å². The third-order valence-corrected chi connectivity index (χ3v) is 7.29. The largest absolute Gasteiger partial charge is 0.481 e. The number of imidazole rings is 1. The lowest BCUT2D eigenvalue weighted by Gasteiger charge is -2.42. The first-order chi connectivity index (χ1) is 14.7. The molecule has 1 aromatic carbocycles. The average molecular weight is 425 g/mol. The molecular formula is C25H36N4O2. The van der Waals surface area contributed by atoms with Crippen LogP contribution in [-0.2, 0) is 15.6 Å². The van der Waals surface area contributed by atoms with Crippen molar-refractivity contribution in [2.75, 3.05) is 24.5 Å². The second-order valence-electron chi connectivity index (χ2n) is 10.5. The number of hydrogen-bond acceptors (Lipinski definition) is 4. The fourth-order valence-electron chi connectivity index (χ4n) is 5.05. The number of carboxylic acids is 1. The third kappa shape index (κ3) is 4.64. The van der Waals surface area contributed by atoms with E-state index in [0.29, 0.717) is 12.6 Å². The van der Waals surface area contributed by atoms with Crippen LogP contribution < -0.4 is 10.2 Å². The zero-order chi connectivity index (χ0) is 22.2. The van der Waals surface area contributed by atoms with Crippen molar-refractivity contribution in [3.63, 3.8) is 0 Å². The maximum absolute atomic E-state index is 10.7. The summed E-state index contributed by atoms with van der Waals surface area (Å²) < 4.78 is 0. The standard InChI is InChI=1S/C25H36N4O2/c1-24(2)10-11-25(3,4)20-15-17(5-6-19(20)24)21-16-27-23(28-21)29-13-8-18(9-14-29)26-12-7-22(30)31/h5-6,15-16,18,26H,7-14H2,1-4H3,(H,27,28)(H,30,31). The van der Waals surface area contributed by atoms with Crippen molar-refractivity contribution in [2.24, 2.45) is 0 Å². The quantitative estimate of drug-likeness (QED) is 0.638. The first-order valence-corrected chi connectivity index (χ1v) is 11.6. The second-order valence-corrected chi connectivity index (χ2v) is 10.5. The van der Waals surface area contributed by atoms with Gasteiger partial charge in [0.25, 0.3) is 0 Å². The highest BCUT2D eigenvalue weighted by Crippen LogP contribution is 2.46. The smallest absolute Gasteiger partial charge is 0.304 e. The van der Waals surface area contributed by atoms with Gasteiger partial charge in [-0.2, -0.15) is 0 Å². The fourth-order valence-corrected chi connectivity index (χ4v) is 5.05. The van der Waals surface area contributed by atoms with Gasteiger partial charge in [0.1, 0.15) is 0 Å². The first-order valence-electron chi connectivity index (χ1n) is 11.6. The van der Waals surface area contributed by atoms with Gasteiger partial charge in [-0.1, -0.05) is 39.8 Å². The maximum atomic E-state index is 10.7. The van der Waals surface area contributed by atoms with Crippen molar-refractivity contribution in [3.8, 4) is 11.3 Å². The zero-order valence-corrected chi connectivity index (χ0v) is 19.3. The van der Waals surface area contributed by atoms with Crippen LogP contribution in [0.2, 0.25) is 0 Å². The number of benzene rings is 1. The molecule has 31 heavy (non-hydrogen) atoms. The Morgan fingerprint density at radius 2 is 1.84 bits per heavy atom. The molecule has 2 heterocycles. The number of aromatic amines is 1. The van der Waals surface area contributed by atoms with E-state index in [1.54, 1.807) is 0 Å². The molecule has 4 rings (SSSR count). The molecule has 0 saturated carbocycles. The molecule has 0 unspecified atom stereocenters. The van der Waals surface area contributed by atoms with Crippen LogP contribution in [0, 0.1) is 0 Å². The molecule has 0 atom stereocenters. The highest BCUT2D eigenvalue weighted by Gasteiger charge is 2.37. The highest BCUT2D eigenvalue weighted by atomic mass is 16.4. The molecule has 0 radical (unpaired) electrons. The topological polar surface area (TPSA) is 81.2 Å². The number of anilines is 1. The van der Waals surface area contributed by atoms with Gasteiger partial charge in [-0.05, 0) is 59.3 Å². The molecule has 1 aliphatic carbocycles. The van der Waals surface area contributed by atoms with Gasteiger partial charge in [-0.25, -0.2) is 4.98 Å². The van der Waals surface area contributed by atoms with Gasteiger partial charge in [0.05, 0.1) is 18.3 Å². The molecule has 6 nitrogen and oxygen atoms in total. The number of carboxylic acid groups (broad SMARTS) is 1. The van der Waals surface area contributed by atoms with E-state index in [4.69, 9.17) is 5.11 Å². The summed E-state index contributed by atoms with van der Waals surface area (Å²) >= 11 is 0. The second kappa shape index (κ2) is 8.30. The lowest BCUT2D eigenvalue weighted by Crippen LogP contribution is -2.43. The molecule has 0 bridgehead atoms. The van der Waals surface area contributed by atoms with E-state index in [1.807, 2.05) is 6.20 Å². The summed E-state index contributed by atoms with van der Waals surface area (Å²) in [5.41, 5.74) is 5.63. The Kier molecular flexibility index (Phi) is 5.86. The molecule has 1 saturated heterocycles. The van der Waals surface area contributed by atoms with Crippen molar-refractivity contribution in [1.29, 1.82) is 0 Å². The van der Waals surface area contributed by atoms with E-state index in [0.717, 1.165) is 37.6 Å². The number of aromatic nitrogens is 2. The van der Waals surface area contributed by atoms with Crippen molar-refractivity contribution >= 4 is 11.9 Å². The predicted molar refractivity (Wildman–Crippen MR) is 125 cm³/mol. The predicted octanol–water partition coefficient (Wildman–Crippen LogP) is 4.46. The van der Waals surface area contributed by atoms with Crippen LogP contribution in [0.15, 0.2) is 24.4 Å². The number of nitrogens with one attached hydrogen (secondary N) is 2. The number of fused-ring (bicyclic) bond motifs is 1. The molecule has 2 aliphatic rings. The number of aliphatic carboxylic acids is 1. The Balaban J connectivity index is 1.45. The lowest BCUT2D eigenvalue weighted by molar-refractivity contribution is -0.136. The zero-order valence-electron chi connectivity index (χ0n) is 19.3. The molecule has 2 aromatic rings. The van der Waals surface area contributed by atoms with Crippen LogP contribution in [0.1, 0.15) is 70.9 Å². The summed E-state index contributed by atoms with van der Waals surface area (Å²) in [4.78, 5) is 21.2. The van der Waals surface area contributed by atoms with Gasteiger partial charge in [0, 0.05) is 25.7 Å². The Labute approximate surface area is 185 Å². The molecule has 168 valence electrons. The number of rotatable bonds is 6. The molecular weight excluding hydrogens is 388 g/mol. The number of hydrogen-bond donors (Lipinski definition) is 3. The molecule has 0 spiro atoms. The lowest BCUT2D eigenvalue weighted by atomic mass is 9.63. The van der Waals surface area contributed by atoms with E-state index in [1.165, 1.54) is 29.5 Å². The molecule has 3 N–H and O–H groups in total. The van der Waals surface area contributed by atoms with Gasteiger partial charge in [-0.15, -0.1) is 0 Å². The van der Waals surface area contributed by atoms with Gasteiger partial charge in [0.15, 0.2) is 0 Å². The Bertz CT molecular complexity index is 939. The van der Waals surface area contributed by atoms with E-state index < -0.39 is 5.97 Å². The summed E-state index contributed by atoms with van der Waals surface area (Å²) in [6.07, 6.45) is 6.56. The van der Waals surface area contributed by atoms with Gasteiger partial charge in [0.2, 0.25) is 5.95 Å². The average Bonchev–Trinajstić information content (AvgIpc) is 3.22. The summed E-state index contributed by atoms with van der Waals surface area (Å²) in [5.74, 6) is 0.179. The maximum Gasteiger partial charge on any atom is 0.304 e. The molecule has 1 fully saturated rings. The third-order valence-electron chi connectivity index (χ3n) is 7.29. The van der Waals surface area contributed by atoms with E-state index in [9.17, 15) is 4.79 Å². The fraction of sp³-hybridized carbons (Fsp3) is 0.600. The van der Waals surface area contributed by atoms with E-state index >= 15 is 0 Å². The Hall–Kier alpha value is -2.34. The van der Waals surface area contributed by atoms with Crippen molar-refractivity contribution in [1.82, 2.24) is 15.3 Å². The van der Waals surface area contributed by atoms with Crippen LogP contribution in [0.3, 0.4) is 0 Å². The van der Waals surface area contributed by atoms with E-state index in [-0.39, 0.29) is 17.3 Å². The Morgan fingerprint density at radius 1 is 1.16 bits per heavy atom. The number of nitrogens with zero attached hydrogens (tertiary/aromatic N) is 2. The van der Waals surface area contributed by atoms with E-state index in [2.05, 4.69) is 66.1 Å². The van der Waals surface area contributed by atoms with Crippen molar-refractivity contribution in [2.45, 2.75) is 76.7 Å². The van der Waals surface area contributed by atoms with Crippen LogP contribution in [0.5, 0.6) is 0 Å². The monoisotopic (exact) mass is 424 g/mol. The van der Waals surface area contributed by atoms with Gasteiger partial charge < -0.3 is 20.3 Å². The summed E-state index contributed by atoms with van der Waals surface area (Å²) in [7, 11) is 0.